The van der Waals surface area contributed by atoms with Crippen molar-refractivity contribution in [2.24, 2.45) is 5.16 Å². The van der Waals surface area contributed by atoms with Crippen molar-refractivity contribution in [2.75, 3.05) is 0 Å². The van der Waals surface area contributed by atoms with Gasteiger partial charge >= 0.3 is 5.97 Å². The molecule has 0 amide bonds. The molecule has 5 nitrogen and oxygen atoms in total. The molecule has 0 radical (unpaired) electrons. The Bertz CT molecular complexity index is 472. The summed E-state index contributed by atoms with van der Waals surface area (Å²) in [5.41, 5.74) is 0.465. The number of halogens is 1. The maximum absolute atomic E-state index is 13.1. The molecular weight excluding hydrogens is 239 g/mol. The van der Waals surface area contributed by atoms with Gasteiger partial charge in [0.1, 0.15) is 5.69 Å². The monoisotopic (exact) mass is 252 g/mol. The molecule has 96 valence electrons. The summed E-state index contributed by atoms with van der Waals surface area (Å²) in [7, 11) is 0. The number of nitrogens with zero attached hydrogens (tertiary/aromatic N) is 2. The van der Waals surface area contributed by atoms with E-state index in [0.717, 1.165) is 6.21 Å². The molecule has 0 saturated heterocycles. The van der Waals surface area contributed by atoms with Crippen LogP contribution in [0.1, 0.15) is 30.7 Å². The molecule has 0 aliphatic carbocycles. The minimum atomic E-state index is -0.829. The predicted octanol–water partition coefficient (Wildman–Crippen LogP) is 2.30. The highest BCUT2D eigenvalue weighted by molar-refractivity contribution is 5.77. The molecule has 0 unspecified atom stereocenters. The third kappa shape index (κ3) is 4.73. The Morgan fingerprint density at radius 3 is 2.94 bits per heavy atom. The normalized spacial score (nSPS) is 11.4. The molecule has 0 fully saturated rings. The number of allylic oxidation sites excluding steroid dienone is 1. The summed E-state index contributed by atoms with van der Waals surface area (Å²) in [5, 5.41) is 19.5. The van der Waals surface area contributed by atoms with Gasteiger partial charge in [0.15, 0.2) is 5.82 Å². The second-order valence-corrected chi connectivity index (χ2v) is 3.54. The molecular formula is C12H13FN2O3. The molecule has 1 rings (SSSR count). The van der Waals surface area contributed by atoms with Gasteiger partial charge in [-0.15, -0.1) is 0 Å². The van der Waals surface area contributed by atoms with E-state index in [-0.39, 0.29) is 12.1 Å². The number of carboxylic acids is 1. The highest BCUT2D eigenvalue weighted by atomic mass is 19.1. The van der Waals surface area contributed by atoms with Crippen molar-refractivity contribution in [3.63, 3.8) is 0 Å². The summed E-state index contributed by atoms with van der Waals surface area (Å²) in [5.74, 6) is -1.40. The van der Waals surface area contributed by atoms with Gasteiger partial charge in [0.2, 0.25) is 0 Å². The summed E-state index contributed by atoms with van der Waals surface area (Å²) in [4.78, 5) is 14.2. The first-order valence-electron chi connectivity index (χ1n) is 5.36. The quantitative estimate of drug-likeness (QED) is 0.352. The lowest BCUT2D eigenvalue weighted by molar-refractivity contribution is -0.137. The Labute approximate surface area is 103 Å². The minimum Gasteiger partial charge on any atom is -0.481 e. The zero-order valence-electron chi connectivity index (χ0n) is 9.58. The van der Waals surface area contributed by atoms with Gasteiger partial charge in [-0.25, -0.2) is 9.37 Å². The van der Waals surface area contributed by atoms with Crippen LogP contribution in [0.25, 0.3) is 6.08 Å². The summed E-state index contributed by atoms with van der Waals surface area (Å²) >= 11 is 0. The third-order valence-electron chi connectivity index (χ3n) is 2.12. The van der Waals surface area contributed by atoms with Crippen molar-refractivity contribution >= 4 is 18.3 Å². The fraction of sp³-hybridized carbons (Fsp3) is 0.250. The summed E-state index contributed by atoms with van der Waals surface area (Å²) in [6.45, 7) is 0. The van der Waals surface area contributed by atoms with E-state index in [9.17, 15) is 9.18 Å². The van der Waals surface area contributed by atoms with E-state index in [1.807, 2.05) is 0 Å². The lowest BCUT2D eigenvalue weighted by Gasteiger charge is -1.97. The molecule has 6 heteroatoms. The first-order chi connectivity index (χ1) is 8.63. The van der Waals surface area contributed by atoms with Gasteiger partial charge in [-0.1, -0.05) is 11.2 Å². The molecule has 0 aliphatic rings. The first kappa shape index (κ1) is 13.8. The van der Waals surface area contributed by atoms with Gasteiger partial charge in [0.25, 0.3) is 0 Å². The van der Waals surface area contributed by atoms with Crippen LogP contribution in [-0.4, -0.2) is 27.5 Å². The number of hydrogen-bond donors (Lipinski definition) is 2. The van der Waals surface area contributed by atoms with Crippen molar-refractivity contribution in [3.8, 4) is 0 Å². The van der Waals surface area contributed by atoms with Crippen LogP contribution in [0.15, 0.2) is 23.4 Å². The Kier molecular flexibility index (Phi) is 5.50. The molecule has 1 aromatic rings. The Hall–Kier alpha value is -2.24. The molecule has 0 atom stereocenters. The Morgan fingerprint density at radius 2 is 2.28 bits per heavy atom. The second kappa shape index (κ2) is 7.16. The number of aromatic nitrogens is 1. The van der Waals surface area contributed by atoms with Crippen LogP contribution in [-0.2, 0) is 4.79 Å². The van der Waals surface area contributed by atoms with Crippen LogP contribution in [0.5, 0.6) is 0 Å². The van der Waals surface area contributed by atoms with E-state index >= 15 is 0 Å². The minimum absolute atomic E-state index is 0.0508. The van der Waals surface area contributed by atoms with Crippen LogP contribution >= 0.6 is 0 Å². The number of unbranched alkanes of at least 4 members (excludes halogenated alkanes) is 1. The van der Waals surface area contributed by atoms with Crippen LogP contribution in [0, 0.1) is 5.82 Å². The standard InChI is InChI=1S/C12H13FN2O3/c13-10-7-6-9(15-11(10)8-14-18)4-2-1-3-5-12(16)17/h2,4,6-8,18H,1,3,5H2,(H,16,17)/b4-2+,14-8?. The number of carbonyl (C=O) groups is 1. The van der Waals surface area contributed by atoms with Gasteiger partial charge in [-0.05, 0) is 31.1 Å². The Morgan fingerprint density at radius 1 is 1.50 bits per heavy atom. The van der Waals surface area contributed by atoms with Crippen molar-refractivity contribution < 1.29 is 19.5 Å². The molecule has 1 heterocycles. The van der Waals surface area contributed by atoms with Gasteiger partial charge in [0.05, 0.1) is 11.9 Å². The van der Waals surface area contributed by atoms with Crippen molar-refractivity contribution in [2.45, 2.75) is 19.3 Å². The smallest absolute Gasteiger partial charge is 0.303 e. The topological polar surface area (TPSA) is 82.8 Å². The number of carboxylic acid groups (broad SMARTS) is 1. The SMILES string of the molecule is O=C(O)CCC/C=C/c1ccc(F)c(C=NO)n1. The molecule has 0 aromatic carbocycles. The zero-order valence-corrected chi connectivity index (χ0v) is 9.58. The number of hydrogen-bond acceptors (Lipinski definition) is 4. The molecule has 2 N–H and O–H groups in total. The van der Waals surface area contributed by atoms with Gasteiger partial charge in [-0.3, -0.25) is 4.79 Å². The van der Waals surface area contributed by atoms with Crippen LogP contribution in [0.4, 0.5) is 4.39 Å². The van der Waals surface area contributed by atoms with Crippen LogP contribution < -0.4 is 0 Å². The number of aliphatic carboxylic acids is 1. The van der Waals surface area contributed by atoms with Gasteiger partial charge in [0, 0.05) is 6.42 Å². The zero-order chi connectivity index (χ0) is 13.4. The maximum Gasteiger partial charge on any atom is 0.303 e. The fourth-order valence-electron chi connectivity index (χ4n) is 1.29. The van der Waals surface area contributed by atoms with E-state index in [4.69, 9.17) is 10.3 Å². The summed E-state index contributed by atoms with van der Waals surface area (Å²) in [6, 6.07) is 2.71. The van der Waals surface area contributed by atoms with Gasteiger partial charge < -0.3 is 10.3 Å². The molecule has 0 saturated carbocycles. The van der Waals surface area contributed by atoms with Crippen molar-refractivity contribution in [3.05, 3.63) is 35.4 Å². The summed E-state index contributed by atoms with van der Waals surface area (Å²) < 4.78 is 13.1. The largest absolute Gasteiger partial charge is 0.481 e. The van der Waals surface area contributed by atoms with Crippen LogP contribution in [0.2, 0.25) is 0 Å². The molecule has 18 heavy (non-hydrogen) atoms. The van der Waals surface area contributed by atoms with Crippen LogP contribution in [0.3, 0.4) is 0 Å². The molecule has 0 bridgehead atoms. The lowest BCUT2D eigenvalue weighted by Crippen LogP contribution is -1.95. The number of oxime groups is 1. The predicted molar refractivity (Wildman–Crippen MR) is 64.1 cm³/mol. The van der Waals surface area contributed by atoms with E-state index < -0.39 is 11.8 Å². The average molecular weight is 252 g/mol. The number of pyridine rings is 1. The Balaban J connectivity index is 2.59. The fourth-order valence-corrected chi connectivity index (χ4v) is 1.29. The van der Waals surface area contributed by atoms with E-state index in [0.29, 0.717) is 18.5 Å². The molecule has 0 aliphatic heterocycles. The highest BCUT2D eigenvalue weighted by Gasteiger charge is 2.01. The van der Waals surface area contributed by atoms with Crippen molar-refractivity contribution in [1.29, 1.82) is 0 Å². The first-order valence-corrected chi connectivity index (χ1v) is 5.36. The van der Waals surface area contributed by atoms with Gasteiger partial charge in [-0.2, -0.15) is 0 Å². The lowest BCUT2D eigenvalue weighted by atomic mass is 10.2. The third-order valence-corrected chi connectivity index (χ3v) is 2.12. The van der Waals surface area contributed by atoms with E-state index in [1.54, 1.807) is 12.2 Å². The highest BCUT2D eigenvalue weighted by Crippen LogP contribution is 2.07. The average Bonchev–Trinajstić information content (AvgIpc) is 2.32. The summed E-state index contributed by atoms with van der Waals surface area (Å²) in [6.07, 6.45) is 5.60. The number of rotatable bonds is 6. The maximum atomic E-state index is 13.1. The second-order valence-electron chi connectivity index (χ2n) is 3.54. The van der Waals surface area contributed by atoms with Crippen molar-refractivity contribution in [1.82, 2.24) is 4.98 Å². The van der Waals surface area contributed by atoms with E-state index in [2.05, 4.69) is 10.1 Å². The molecule has 1 aromatic heterocycles. The van der Waals surface area contributed by atoms with E-state index in [1.165, 1.54) is 12.1 Å². The molecule has 0 spiro atoms.